The molecule has 0 aromatic heterocycles. The van der Waals surface area contributed by atoms with Gasteiger partial charge in [0.1, 0.15) is 8.07 Å². The average Bonchev–Trinajstić information content (AvgIpc) is 2.84. The van der Waals surface area contributed by atoms with Crippen LogP contribution in [-0.4, -0.2) is 8.07 Å². The van der Waals surface area contributed by atoms with E-state index in [-0.39, 0.29) is 5.04 Å². The van der Waals surface area contributed by atoms with Crippen molar-refractivity contribution in [2.75, 3.05) is 0 Å². The summed E-state index contributed by atoms with van der Waals surface area (Å²) < 4.78 is 0. The summed E-state index contributed by atoms with van der Waals surface area (Å²) in [7, 11) is -2.22. The van der Waals surface area contributed by atoms with E-state index in [2.05, 4.69) is 121 Å². The van der Waals surface area contributed by atoms with Crippen LogP contribution in [0.1, 0.15) is 49.1 Å². The molecule has 4 aromatic rings. The minimum Gasteiger partial charge on any atom is -0.0625 e. The Bertz CT molecular complexity index is 1140. The van der Waals surface area contributed by atoms with Crippen molar-refractivity contribution in [1.82, 2.24) is 0 Å². The summed E-state index contributed by atoms with van der Waals surface area (Å²) in [5.74, 6) is 0.564. The second-order valence-corrected chi connectivity index (χ2v) is 14.5. The zero-order valence-corrected chi connectivity index (χ0v) is 20.2. The summed E-state index contributed by atoms with van der Waals surface area (Å²) in [6.07, 6.45) is 6.67. The Morgan fingerprint density at radius 2 is 1.03 bits per heavy atom. The maximum atomic E-state index is 2.47. The molecule has 0 radical (unpaired) electrons. The Morgan fingerprint density at radius 1 is 0.545 bits per heavy atom. The maximum Gasteiger partial charge on any atom is 0.131 e. The first-order chi connectivity index (χ1) is 16.4. The molecule has 2 fully saturated rings. The van der Waals surface area contributed by atoms with E-state index >= 15 is 0 Å². The van der Waals surface area contributed by atoms with Gasteiger partial charge in [-0.1, -0.05) is 151 Å². The third kappa shape index (κ3) is 3.02. The van der Waals surface area contributed by atoms with E-state index in [0.29, 0.717) is 5.92 Å². The predicted octanol–water partition coefficient (Wildman–Crippen LogP) is 6.86. The Balaban J connectivity index is 1.71. The lowest BCUT2D eigenvalue weighted by Crippen LogP contribution is -2.78. The Morgan fingerprint density at radius 3 is 1.45 bits per heavy atom. The van der Waals surface area contributed by atoms with Gasteiger partial charge in [0.05, 0.1) is 0 Å². The minimum absolute atomic E-state index is 0.170. The van der Waals surface area contributed by atoms with E-state index in [1.807, 2.05) is 0 Å². The normalized spacial score (nSPS) is 22.8. The molecular weight excluding hydrogens is 412 g/mol. The fourth-order valence-electron chi connectivity index (χ4n) is 7.26. The lowest BCUT2D eigenvalue weighted by Gasteiger charge is -2.65. The molecule has 1 heteroatoms. The second-order valence-electron chi connectivity index (χ2n) is 10.0. The summed E-state index contributed by atoms with van der Waals surface area (Å²) >= 11 is 0. The number of benzene rings is 4. The monoisotopic (exact) mass is 444 g/mol. The zero-order chi connectivity index (χ0) is 22.1. The molecule has 2 aliphatic carbocycles. The Kier molecular flexibility index (Phi) is 5.31. The highest BCUT2D eigenvalue weighted by molar-refractivity contribution is 7.05. The second kappa shape index (κ2) is 8.46. The van der Waals surface area contributed by atoms with Crippen LogP contribution in [0.3, 0.4) is 0 Å². The molecule has 2 atom stereocenters. The van der Waals surface area contributed by atoms with Gasteiger partial charge in [-0.2, -0.15) is 0 Å². The van der Waals surface area contributed by atoms with E-state index in [0.717, 1.165) is 5.54 Å². The molecule has 0 saturated heterocycles. The van der Waals surface area contributed by atoms with Crippen molar-refractivity contribution >= 4 is 18.4 Å². The smallest absolute Gasteiger partial charge is 0.0625 e. The third-order valence-electron chi connectivity index (χ3n) is 8.79. The van der Waals surface area contributed by atoms with Crippen LogP contribution in [0.5, 0.6) is 0 Å². The molecule has 6 rings (SSSR count). The number of rotatable bonds is 6. The van der Waals surface area contributed by atoms with E-state index in [4.69, 9.17) is 0 Å². The molecule has 4 aromatic carbocycles. The molecule has 0 nitrogen and oxygen atoms in total. The first kappa shape index (κ1) is 20.7. The molecule has 0 spiro atoms. The molecule has 0 amide bonds. The van der Waals surface area contributed by atoms with E-state index in [1.54, 1.807) is 15.9 Å². The first-order valence-corrected chi connectivity index (χ1v) is 14.7. The molecular formula is C32H32Si. The summed E-state index contributed by atoms with van der Waals surface area (Å²) in [6, 6.07) is 46.5. The Labute approximate surface area is 199 Å². The van der Waals surface area contributed by atoms with Crippen LogP contribution >= 0.6 is 0 Å². The van der Waals surface area contributed by atoms with Gasteiger partial charge in [-0.25, -0.2) is 0 Å². The topological polar surface area (TPSA) is 0 Å². The molecule has 0 aliphatic heterocycles. The van der Waals surface area contributed by atoms with Crippen molar-refractivity contribution in [3.8, 4) is 0 Å². The van der Waals surface area contributed by atoms with Crippen LogP contribution in [0, 0.1) is 0 Å². The minimum atomic E-state index is -2.22. The first-order valence-electron chi connectivity index (χ1n) is 12.6. The van der Waals surface area contributed by atoms with Crippen LogP contribution in [0.4, 0.5) is 0 Å². The molecule has 33 heavy (non-hydrogen) atoms. The maximum absolute atomic E-state index is 2.47. The zero-order valence-electron chi connectivity index (χ0n) is 19.2. The van der Waals surface area contributed by atoms with Gasteiger partial charge in [0.15, 0.2) is 0 Å². The molecule has 0 N–H and O–H groups in total. The molecule has 2 aliphatic rings. The van der Waals surface area contributed by atoms with Crippen molar-refractivity contribution in [2.24, 2.45) is 0 Å². The van der Waals surface area contributed by atoms with Crippen LogP contribution < -0.4 is 10.4 Å². The summed E-state index contributed by atoms with van der Waals surface area (Å²) in [4.78, 5) is 0. The van der Waals surface area contributed by atoms with Gasteiger partial charge in [-0.3, -0.25) is 0 Å². The molecule has 0 bridgehead atoms. The highest BCUT2D eigenvalue weighted by Crippen LogP contribution is 2.63. The van der Waals surface area contributed by atoms with E-state index in [1.165, 1.54) is 37.7 Å². The van der Waals surface area contributed by atoms with Crippen molar-refractivity contribution in [2.45, 2.75) is 48.6 Å². The van der Waals surface area contributed by atoms with Gasteiger partial charge >= 0.3 is 0 Å². The van der Waals surface area contributed by atoms with Crippen molar-refractivity contribution in [1.29, 1.82) is 0 Å². The SMILES string of the molecule is c1ccc(C2CCC2(c2ccccc2)[Si](c2ccccc2)(c2ccccc2)C2CCC2)cc1. The molecule has 2 saturated carbocycles. The third-order valence-corrected chi connectivity index (χ3v) is 15.4. The van der Waals surface area contributed by atoms with Gasteiger partial charge in [-0.05, 0) is 35.4 Å². The van der Waals surface area contributed by atoms with Gasteiger partial charge < -0.3 is 0 Å². The van der Waals surface area contributed by atoms with Crippen molar-refractivity contribution < 1.29 is 0 Å². The lowest BCUT2D eigenvalue weighted by atomic mass is 9.65. The van der Waals surface area contributed by atoms with Crippen LogP contribution in [0.2, 0.25) is 5.54 Å². The van der Waals surface area contributed by atoms with Gasteiger partial charge in [0.2, 0.25) is 0 Å². The standard InChI is InChI=1S/C32H32Si/c1-5-14-26(15-6-1)31-24-25-32(31,27-16-7-2-8-17-27)33(30-22-13-23-30,28-18-9-3-10-19-28)29-20-11-4-12-21-29/h1-12,14-21,30-31H,13,22-25H2. The van der Waals surface area contributed by atoms with E-state index < -0.39 is 8.07 Å². The number of hydrogen-bond acceptors (Lipinski definition) is 0. The van der Waals surface area contributed by atoms with Crippen LogP contribution in [-0.2, 0) is 5.04 Å². The summed E-state index contributed by atoms with van der Waals surface area (Å²) in [6.45, 7) is 0. The van der Waals surface area contributed by atoms with Gasteiger partial charge in [0.25, 0.3) is 0 Å². The quantitative estimate of drug-likeness (QED) is 0.285. The van der Waals surface area contributed by atoms with Gasteiger partial charge in [0, 0.05) is 5.04 Å². The van der Waals surface area contributed by atoms with Crippen LogP contribution in [0.25, 0.3) is 0 Å². The average molecular weight is 445 g/mol. The lowest BCUT2D eigenvalue weighted by molar-refractivity contribution is 0.270. The largest absolute Gasteiger partial charge is 0.131 e. The fourth-order valence-corrected chi connectivity index (χ4v) is 15.0. The number of hydrogen-bond donors (Lipinski definition) is 0. The van der Waals surface area contributed by atoms with Gasteiger partial charge in [-0.15, -0.1) is 0 Å². The van der Waals surface area contributed by atoms with E-state index in [9.17, 15) is 0 Å². The molecule has 2 unspecified atom stereocenters. The highest BCUT2D eigenvalue weighted by Gasteiger charge is 2.67. The fraction of sp³-hybridized carbons (Fsp3) is 0.250. The van der Waals surface area contributed by atoms with Crippen LogP contribution in [0.15, 0.2) is 121 Å². The summed E-state index contributed by atoms with van der Waals surface area (Å²) in [5.41, 5.74) is 3.88. The Hall–Kier alpha value is -2.90. The van der Waals surface area contributed by atoms with Crippen molar-refractivity contribution in [3.05, 3.63) is 132 Å². The highest BCUT2D eigenvalue weighted by atomic mass is 28.3. The predicted molar refractivity (Wildman–Crippen MR) is 142 cm³/mol. The van der Waals surface area contributed by atoms with Crippen molar-refractivity contribution in [3.63, 3.8) is 0 Å². The molecule has 164 valence electrons. The summed E-state index contributed by atoms with van der Waals surface area (Å²) in [5, 5.41) is 3.43. The molecule has 0 heterocycles.